The Labute approximate surface area is 196 Å². The monoisotopic (exact) mass is 480 g/mol. The minimum absolute atomic E-state index is 0.231. The Morgan fingerprint density at radius 1 is 1.32 bits per heavy atom. The number of aliphatic hydroxyl groups is 1. The first kappa shape index (κ1) is 27.0. The average molecular weight is 481 g/mol. The van der Waals surface area contributed by atoms with Crippen LogP contribution in [0.4, 0.5) is 0 Å². The molecule has 4 heterocycles. The quantitative estimate of drug-likeness (QED) is 0.384. The van der Waals surface area contributed by atoms with Crippen LogP contribution in [0, 0.1) is 0 Å². The fourth-order valence-corrected chi connectivity index (χ4v) is 4.33. The van der Waals surface area contributed by atoms with Crippen LogP contribution in [-0.4, -0.2) is 92.5 Å². The number of H-pyrrole nitrogens is 1. The molecule has 2 aliphatic heterocycles. The standard InChI is InChI=1S/C20H28N4O4.2CH2O2/c1-19(23-18(26)15-3-11-27-12-15)14-20(28-13-16(19)25)4-9-24(10-5-20)8-2-17-21-6-7-22-17;2*2-1-3/h3,6-7,11-12,16,25H,2,4-5,8-10,13-14H2,1H3,(H,21,22)(H,23,26);2*1H,(H,2,3)/t16-,19-;;/m1../s1. The first-order valence-corrected chi connectivity index (χ1v) is 10.8. The molecule has 1 spiro atoms. The lowest BCUT2D eigenvalue weighted by Crippen LogP contribution is -2.65. The van der Waals surface area contributed by atoms with E-state index in [-0.39, 0.29) is 31.1 Å². The number of imidazole rings is 1. The molecular weight excluding hydrogens is 448 g/mol. The van der Waals surface area contributed by atoms with Gasteiger partial charge in [0, 0.05) is 44.9 Å². The molecule has 0 aliphatic carbocycles. The van der Waals surface area contributed by atoms with Gasteiger partial charge in [0.25, 0.3) is 18.9 Å². The van der Waals surface area contributed by atoms with Gasteiger partial charge in [0.05, 0.1) is 29.6 Å². The molecule has 2 aromatic heterocycles. The van der Waals surface area contributed by atoms with E-state index < -0.39 is 11.6 Å². The molecule has 1 amide bonds. The van der Waals surface area contributed by atoms with Gasteiger partial charge in [-0.1, -0.05) is 0 Å². The van der Waals surface area contributed by atoms with Crippen molar-refractivity contribution in [1.29, 1.82) is 0 Å². The highest BCUT2D eigenvalue weighted by molar-refractivity contribution is 5.94. The number of carbonyl (C=O) groups excluding carboxylic acids is 1. The predicted molar refractivity (Wildman–Crippen MR) is 119 cm³/mol. The second-order valence-corrected chi connectivity index (χ2v) is 8.41. The summed E-state index contributed by atoms with van der Waals surface area (Å²) in [5.74, 6) is 0.773. The first-order chi connectivity index (χ1) is 16.3. The van der Waals surface area contributed by atoms with Crippen molar-refractivity contribution in [2.24, 2.45) is 0 Å². The summed E-state index contributed by atoms with van der Waals surface area (Å²) in [7, 11) is 0. The number of furan rings is 1. The number of hydrogen-bond acceptors (Lipinski definition) is 8. The molecule has 2 atom stereocenters. The summed E-state index contributed by atoms with van der Waals surface area (Å²) in [6, 6.07) is 1.62. The van der Waals surface area contributed by atoms with Crippen molar-refractivity contribution < 1.29 is 38.9 Å². The van der Waals surface area contributed by atoms with Gasteiger partial charge in [-0.05, 0) is 25.8 Å². The van der Waals surface area contributed by atoms with Crippen LogP contribution in [0.1, 0.15) is 42.4 Å². The molecule has 4 rings (SSSR count). The summed E-state index contributed by atoms with van der Waals surface area (Å²) >= 11 is 0. The Kier molecular flexibility index (Phi) is 10.2. The van der Waals surface area contributed by atoms with Crippen LogP contribution in [0.15, 0.2) is 35.4 Å². The number of nitrogens with one attached hydrogen (secondary N) is 2. The number of aromatic nitrogens is 2. The third-order valence-electron chi connectivity index (χ3n) is 6.14. The summed E-state index contributed by atoms with van der Waals surface area (Å²) in [5, 5.41) is 27.3. The van der Waals surface area contributed by atoms with Gasteiger partial charge in [0.15, 0.2) is 0 Å². The molecule has 0 bridgehead atoms. The topological polar surface area (TPSA) is 178 Å². The molecule has 0 saturated carbocycles. The Bertz CT molecular complexity index is 860. The van der Waals surface area contributed by atoms with Gasteiger partial charge in [-0.3, -0.25) is 14.4 Å². The molecule has 2 aliphatic rings. The van der Waals surface area contributed by atoms with Crippen LogP contribution < -0.4 is 5.32 Å². The van der Waals surface area contributed by atoms with Crippen molar-refractivity contribution in [3.8, 4) is 0 Å². The van der Waals surface area contributed by atoms with E-state index in [1.165, 1.54) is 12.5 Å². The van der Waals surface area contributed by atoms with Gasteiger partial charge in [0.1, 0.15) is 18.2 Å². The van der Waals surface area contributed by atoms with Crippen molar-refractivity contribution in [3.05, 3.63) is 42.4 Å². The van der Waals surface area contributed by atoms with Gasteiger partial charge in [-0.25, -0.2) is 4.98 Å². The van der Waals surface area contributed by atoms with Crippen molar-refractivity contribution in [2.75, 3.05) is 26.2 Å². The number of nitrogens with zero attached hydrogens (tertiary/aromatic N) is 2. The highest BCUT2D eigenvalue weighted by Gasteiger charge is 2.50. The van der Waals surface area contributed by atoms with Crippen LogP contribution >= 0.6 is 0 Å². The number of aromatic amines is 1. The van der Waals surface area contributed by atoms with Gasteiger partial charge < -0.3 is 39.7 Å². The number of aliphatic hydroxyl groups excluding tert-OH is 1. The normalized spacial score (nSPS) is 23.5. The maximum atomic E-state index is 12.5. The Hall–Kier alpha value is -3.22. The number of ether oxygens (including phenoxy) is 1. The summed E-state index contributed by atoms with van der Waals surface area (Å²) < 4.78 is 11.1. The smallest absolute Gasteiger partial charge is 0.290 e. The molecule has 12 nitrogen and oxygen atoms in total. The second kappa shape index (κ2) is 12.9. The molecule has 5 N–H and O–H groups in total. The number of hydrogen-bond donors (Lipinski definition) is 5. The summed E-state index contributed by atoms with van der Waals surface area (Å²) in [6.07, 6.45) is 9.03. The minimum atomic E-state index is -0.744. The van der Waals surface area contributed by atoms with Crippen molar-refractivity contribution in [2.45, 2.75) is 49.9 Å². The van der Waals surface area contributed by atoms with Crippen molar-refractivity contribution >= 4 is 18.9 Å². The molecule has 0 radical (unpaired) electrons. The summed E-state index contributed by atoms with van der Waals surface area (Å²) in [4.78, 5) is 39.1. The fourth-order valence-electron chi connectivity index (χ4n) is 4.33. The van der Waals surface area contributed by atoms with E-state index in [1.54, 1.807) is 12.3 Å². The van der Waals surface area contributed by atoms with E-state index in [0.717, 1.165) is 44.7 Å². The van der Waals surface area contributed by atoms with Crippen molar-refractivity contribution in [1.82, 2.24) is 20.2 Å². The summed E-state index contributed by atoms with van der Waals surface area (Å²) in [5.41, 5.74) is -0.580. The lowest BCUT2D eigenvalue weighted by Gasteiger charge is -2.52. The Balaban J connectivity index is 0.000000618. The molecule has 12 heteroatoms. The van der Waals surface area contributed by atoms with Gasteiger partial charge in [-0.15, -0.1) is 0 Å². The van der Waals surface area contributed by atoms with Crippen LogP contribution in [-0.2, 0) is 20.7 Å². The van der Waals surface area contributed by atoms with E-state index in [9.17, 15) is 9.90 Å². The SMILES string of the molecule is C[C@@]1(NC(=O)c2ccoc2)CC2(CCN(CCc3ncc[nH]3)CC2)OC[C@H]1O.O=CO.O=CO. The van der Waals surface area contributed by atoms with Crippen molar-refractivity contribution in [3.63, 3.8) is 0 Å². The molecular formula is C22H32N4O8. The maximum Gasteiger partial charge on any atom is 0.290 e. The van der Waals surface area contributed by atoms with Gasteiger partial charge in [0.2, 0.25) is 0 Å². The zero-order chi connectivity index (χ0) is 25.0. The van der Waals surface area contributed by atoms with E-state index in [0.29, 0.717) is 12.0 Å². The lowest BCUT2D eigenvalue weighted by atomic mass is 9.74. The van der Waals surface area contributed by atoms with E-state index in [1.807, 2.05) is 13.1 Å². The average Bonchev–Trinajstić information content (AvgIpc) is 3.52. The molecule has 2 fully saturated rings. The maximum absolute atomic E-state index is 12.5. The van der Waals surface area contributed by atoms with Gasteiger partial charge in [-0.2, -0.15) is 0 Å². The van der Waals surface area contributed by atoms with Gasteiger partial charge >= 0.3 is 0 Å². The molecule has 0 unspecified atom stereocenters. The van der Waals surface area contributed by atoms with Crippen LogP contribution in [0.25, 0.3) is 0 Å². The molecule has 34 heavy (non-hydrogen) atoms. The second-order valence-electron chi connectivity index (χ2n) is 8.41. The largest absolute Gasteiger partial charge is 0.483 e. The number of carbonyl (C=O) groups is 3. The van der Waals surface area contributed by atoms with E-state index in [2.05, 4.69) is 20.2 Å². The zero-order valence-electron chi connectivity index (χ0n) is 19.1. The molecule has 2 aromatic rings. The fraction of sp³-hybridized carbons (Fsp3) is 0.545. The van der Waals surface area contributed by atoms with E-state index in [4.69, 9.17) is 29.0 Å². The molecule has 0 aromatic carbocycles. The Morgan fingerprint density at radius 2 is 2.00 bits per heavy atom. The van der Waals surface area contributed by atoms with Crippen LogP contribution in [0.3, 0.4) is 0 Å². The molecule has 2 saturated heterocycles. The van der Waals surface area contributed by atoms with Crippen LogP contribution in [0.5, 0.6) is 0 Å². The number of piperidine rings is 1. The number of rotatable bonds is 5. The van der Waals surface area contributed by atoms with E-state index >= 15 is 0 Å². The predicted octanol–water partition coefficient (Wildman–Crippen LogP) is 0.751. The van der Waals surface area contributed by atoms with Crippen LogP contribution in [0.2, 0.25) is 0 Å². The summed E-state index contributed by atoms with van der Waals surface area (Å²) in [6.45, 7) is 4.46. The zero-order valence-corrected chi connectivity index (χ0v) is 19.1. The highest BCUT2D eigenvalue weighted by atomic mass is 16.5. The number of amides is 1. The highest BCUT2D eigenvalue weighted by Crippen LogP contribution is 2.39. The third-order valence-corrected chi connectivity index (χ3v) is 6.14. The lowest BCUT2D eigenvalue weighted by molar-refractivity contribution is -0.177. The Morgan fingerprint density at radius 3 is 2.56 bits per heavy atom. The molecule has 188 valence electrons. The third kappa shape index (κ3) is 7.40. The number of carboxylic acid groups (broad SMARTS) is 2. The first-order valence-electron chi connectivity index (χ1n) is 10.8. The number of likely N-dealkylation sites (tertiary alicyclic amines) is 1. The minimum Gasteiger partial charge on any atom is -0.483 e.